The summed E-state index contributed by atoms with van der Waals surface area (Å²) >= 11 is 0. The molecule has 0 aromatic heterocycles. The highest BCUT2D eigenvalue weighted by Crippen LogP contribution is 2.22. The normalized spacial score (nSPS) is 18.5. The van der Waals surface area contributed by atoms with E-state index >= 15 is 0 Å². The summed E-state index contributed by atoms with van der Waals surface area (Å²) in [5.41, 5.74) is 0. The fourth-order valence-electron chi connectivity index (χ4n) is 2.22. The molecule has 0 aromatic carbocycles. The van der Waals surface area contributed by atoms with E-state index in [-0.39, 0.29) is 30.4 Å². The topological polar surface area (TPSA) is 37.4 Å². The van der Waals surface area contributed by atoms with Gasteiger partial charge in [-0.15, -0.1) is 0 Å². The minimum Gasteiger partial charge on any atom is -0.342 e. The highest BCUT2D eigenvalue weighted by Gasteiger charge is 2.24. The molecule has 0 atom stereocenters. The van der Waals surface area contributed by atoms with Crippen molar-refractivity contribution in [3.8, 4) is 0 Å². The monoisotopic (exact) mass is 303 g/mol. The molecule has 0 saturated carbocycles. The standard InChI is InChI=1S/C15H20F3NO2/c1-3-12(16)15(18)13(17)4-5-14(21)19-8-6-11(7-9-19)10(2)20/h4,11H,3,5-9H2,1-2H3/b13-4+,15-12-. The number of hydrogen-bond acceptors (Lipinski definition) is 2. The molecule has 1 aliphatic rings. The lowest BCUT2D eigenvalue weighted by Gasteiger charge is -2.30. The number of nitrogens with zero attached hydrogens (tertiary/aromatic N) is 1. The maximum Gasteiger partial charge on any atom is 0.226 e. The molecule has 0 N–H and O–H groups in total. The van der Waals surface area contributed by atoms with Crippen LogP contribution in [-0.4, -0.2) is 29.7 Å². The number of piperidine rings is 1. The van der Waals surface area contributed by atoms with E-state index in [4.69, 9.17) is 0 Å². The number of carbonyl (C=O) groups excluding carboxylic acids is 2. The van der Waals surface area contributed by atoms with Crippen molar-refractivity contribution in [1.82, 2.24) is 4.90 Å². The summed E-state index contributed by atoms with van der Waals surface area (Å²) in [5, 5.41) is 0. The van der Waals surface area contributed by atoms with Crippen LogP contribution in [0.4, 0.5) is 13.2 Å². The summed E-state index contributed by atoms with van der Waals surface area (Å²) in [6, 6.07) is 0. The van der Waals surface area contributed by atoms with Crippen LogP contribution in [0.2, 0.25) is 0 Å². The van der Waals surface area contributed by atoms with Crippen molar-refractivity contribution >= 4 is 11.7 Å². The Hall–Kier alpha value is -1.59. The number of amides is 1. The van der Waals surface area contributed by atoms with Crippen molar-refractivity contribution in [2.45, 2.75) is 39.5 Å². The van der Waals surface area contributed by atoms with Crippen LogP contribution >= 0.6 is 0 Å². The highest BCUT2D eigenvalue weighted by atomic mass is 19.2. The van der Waals surface area contributed by atoms with E-state index in [0.29, 0.717) is 25.9 Å². The lowest BCUT2D eigenvalue weighted by Crippen LogP contribution is -2.39. The molecule has 0 spiro atoms. The van der Waals surface area contributed by atoms with Crippen molar-refractivity contribution in [1.29, 1.82) is 0 Å². The Labute approximate surface area is 122 Å². The average molecular weight is 303 g/mol. The van der Waals surface area contributed by atoms with Crippen LogP contribution in [0.25, 0.3) is 0 Å². The molecule has 6 heteroatoms. The van der Waals surface area contributed by atoms with Crippen molar-refractivity contribution in [3.05, 3.63) is 23.6 Å². The van der Waals surface area contributed by atoms with Crippen molar-refractivity contribution < 1.29 is 22.8 Å². The lowest BCUT2D eigenvalue weighted by molar-refractivity contribution is -0.133. The first kappa shape index (κ1) is 17.5. The van der Waals surface area contributed by atoms with E-state index in [9.17, 15) is 22.8 Å². The van der Waals surface area contributed by atoms with Gasteiger partial charge >= 0.3 is 0 Å². The predicted molar refractivity (Wildman–Crippen MR) is 73.3 cm³/mol. The molecule has 118 valence electrons. The van der Waals surface area contributed by atoms with Gasteiger partial charge in [-0.3, -0.25) is 9.59 Å². The molecule has 0 aliphatic carbocycles. The molecule has 0 aromatic rings. The van der Waals surface area contributed by atoms with Gasteiger partial charge in [-0.25, -0.2) is 13.2 Å². The van der Waals surface area contributed by atoms with Crippen LogP contribution in [0.15, 0.2) is 23.6 Å². The van der Waals surface area contributed by atoms with Gasteiger partial charge in [-0.2, -0.15) is 0 Å². The number of Topliss-reactive ketones (excluding diaryl/α,β-unsaturated/α-hetero) is 1. The molecular weight excluding hydrogens is 283 g/mol. The number of carbonyl (C=O) groups is 2. The van der Waals surface area contributed by atoms with E-state index < -0.39 is 17.5 Å². The summed E-state index contributed by atoms with van der Waals surface area (Å²) in [5.74, 6) is -4.33. The molecule has 1 saturated heterocycles. The molecule has 1 rings (SSSR count). The Morgan fingerprint density at radius 1 is 1.19 bits per heavy atom. The molecule has 1 fully saturated rings. The second kappa shape index (κ2) is 8.00. The summed E-state index contributed by atoms with van der Waals surface area (Å²) in [4.78, 5) is 24.6. The quantitative estimate of drug-likeness (QED) is 0.727. The van der Waals surface area contributed by atoms with E-state index in [1.807, 2.05) is 0 Å². The van der Waals surface area contributed by atoms with Crippen LogP contribution in [-0.2, 0) is 9.59 Å². The molecule has 0 radical (unpaired) electrons. The van der Waals surface area contributed by atoms with Crippen molar-refractivity contribution in [2.24, 2.45) is 5.92 Å². The zero-order chi connectivity index (χ0) is 16.0. The van der Waals surface area contributed by atoms with Gasteiger partial charge in [0.25, 0.3) is 0 Å². The maximum atomic E-state index is 13.3. The minimum absolute atomic E-state index is 0.0274. The second-order valence-corrected chi connectivity index (χ2v) is 5.09. The Bertz CT molecular complexity index is 464. The fraction of sp³-hybridized carbons (Fsp3) is 0.600. The Morgan fingerprint density at radius 2 is 1.76 bits per heavy atom. The van der Waals surface area contributed by atoms with Gasteiger partial charge < -0.3 is 4.90 Å². The van der Waals surface area contributed by atoms with Crippen LogP contribution < -0.4 is 0 Å². The lowest BCUT2D eigenvalue weighted by atomic mass is 9.93. The van der Waals surface area contributed by atoms with Gasteiger partial charge in [0, 0.05) is 25.4 Å². The van der Waals surface area contributed by atoms with Gasteiger partial charge in [-0.1, -0.05) is 6.92 Å². The zero-order valence-corrected chi connectivity index (χ0v) is 12.3. The molecule has 3 nitrogen and oxygen atoms in total. The van der Waals surface area contributed by atoms with E-state index in [1.165, 1.54) is 18.7 Å². The minimum atomic E-state index is -1.54. The summed E-state index contributed by atoms with van der Waals surface area (Å²) in [7, 11) is 0. The Kier molecular flexibility index (Phi) is 6.65. The Morgan fingerprint density at radius 3 is 2.24 bits per heavy atom. The van der Waals surface area contributed by atoms with E-state index in [1.54, 1.807) is 0 Å². The molecule has 0 unspecified atom stereocenters. The van der Waals surface area contributed by atoms with Gasteiger partial charge in [0.2, 0.25) is 5.91 Å². The smallest absolute Gasteiger partial charge is 0.226 e. The average Bonchev–Trinajstić information content (AvgIpc) is 2.50. The number of allylic oxidation sites excluding steroid dienone is 3. The third-order valence-corrected chi connectivity index (χ3v) is 3.64. The van der Waals surface area contributed by atoms with E-state index in [0.717, 1.165) is 6.08 Å². The second-order valence-electron chi connectivity index (χ2n) is 5.09. The van der Waals surface area contributed by atoms with Crippen LogP contribution in [0.3, 0.4) is 0 Å². The van der Waals surface area contributed by atoms with Gasteiger partial charge in [-0.05, 0) is 32.3 Å². The van der Waals surface area contributed by atoms with Crippen LogP contribution in [0.5, 0.6) is 0 Å². The molecule has 21 heavy (non-hydrogen) atoms. The van der Waals surface area contributed by atoms with Gasteiger partial charge in [0.1, 0.15) is 11.6 Å². The first-order valence-electron chi connectivity index (χ1n) is 7.05. The number of hydrogen-bond donors (Lipinski definition) is 0. The molecule has 1 heterocycles. The molecule has 1 aliphatic heterocycles. The number of ketones is 1. The number of halogens is 3. The Balaban J connectivity index is 2.54. The highest BCUT2D eigenvalue weighted by molar-refractivity contribution is 5.80. The molecular formula is C15H20F3NO2. The molecule has 0 bridgehead atoms. The van der Waals surface area contributed by atoms with Crippen LogP contribution in [0, 0.1) is 5.92 Å². The summed E-state index contributed by atoms with van der Waals surface area (Å²) in [6.07, 6.45) is 1.38. The first-order valence-corrected chi connectivity index (χ1v) is 7.05. The SMILES string of the molecule is CC/C(F)=C(F)\C(F)=C/CC(=O)N1CCC(C(C)=O)CC1. The number of likely N-dealkylation sites (tertiary alicyclic amines) is 1. The van der Waals surface area contributed by atoms with Crippen LogP contribution in [0.1, 0.15) is 39.5 Å². The molecule has 1 amide bonds. The fourth-order valence-corrected chi connectivity index (χ4v) is 2.22. The van der Waals surface area contributed by atoms with E-state index in [2.05, 4.69) is 0 Å². The maximum absolute atomic E-state index is 13.3. The largest absolute Gasteiger partial charge is 0.342 e. The summed E-state index contributed by atoms with van der Waals surface area (Å²) < 4.78 is 39.3. The third kappa shape index (κ3) is 5.02. The predicted octanol–water partition coefficient (Wildman–Crippen LogP) is 3.62. The summed E-state index contributed by atoms with van der Waals surface area (Å²) in [6.45, 7) is 3.75. The zero-order valence-electron chi connectivity index (χ0n) is 12.3. The van der Waals surface area contributed by atoms with Crippen molar-refractivity contribution in [2.75, 3.05) is 13.1 Å². The van der Waals surface area contributed by atoms with Gasteiger partial charge in [0.05, 0.1) is 0 Å². The third-order valence-electron chi connectivity index (χ3n) is 3.64. The van der Waals surface area contributed by atoms with Gasteiger partial charge in [0.15, 0.2) is 11.7 Å². The number of rotatable bonds is 5. The van der Waals surface area contributed by atoms with Crippen molar-refractivity contribution in [3.63, 3.8) is 0 Å². The first-order chi connectivity index (χ1) is 9.86.